The third-order valence-electron chi connectivity index (χ3n) is 4.16. The fourth-order valence-corrected chi connectivity index (χ4v) is 2.91. The van der Waals surface area contributed by atoms with Gasteiger partial charge < -0.3 is 9.47 Å². The topological polar surface area (TPSA) is 35.5 Å². The van der Waals surface area contributed by atoms with Crippen molar-refractivity contribution in [3.8, 4) is 11.5 Å². The Morgan fingerprint density at radius 1 is 0.720 bits per heavy atom. The van der Waals surface area contributed by atoms with Crippen LogP contribution in [0.25, 0.3) is 0 Å². The number of methoxy groups -OCH3 is 2. The van der Waals surface area contributed by atoms with Crippen LogP contribution in [-0.2, 0) is 0 Å². The highest BCUT2D eigenvalue weighted by Gasteiger charge is 2.25. The maximum atomic E-state index is 13.3. The molecule has 0 N–H and O–H groups in total. The lowest BCUT2D eigenvalue weighted by Crippen LogP contribution is -2.14. The summed E-state index contributed by atoms with van der Waals surface area (Å²) in [5, 5.41) is 0. The van der Waals surface area contributed by atoms with Gasteiger partial charge in [-0.3, -0.25) is 4.79 Å². The molecule has 0 aliphatic carbocycles. The molecule has 0 saturated carbocycles. The molecule has 0 radical (unpaired) electrons. The van der Waals surface area contributed by atoms with Crippen LogP contribution in [0.2, 0.25) is 0 Å². The lowest BCUT2D eigenvalue weighted by molar-refractivity contribution is 0.0974. The van der Waals surface area contributed by atoms with E-state index < -0.39 is 5.92 Å². The van der Waals surface area contributed by atoms with Gasteiger partial charge in [0.25, 0.3) is 0 Å². The zero-order chi connectivity index (χ0) is 17.6. The van der Waals surface area contributed by atoms with Gasteiger partial charge in [-0.05, 0) is 23.3 Å². The first-order chi connectivity index (χ1) is 12.2. The molecule has 0 saturated heterocycles. The molecule has 0 amide bonds. The van der Waals surface area contributed by atoms with Crippen molar-refractivity contribution in [2.24, 2.45) is 0 Å². The fourth-order valence-electron chi connectivity index (χ4n) is 2.91. The monoisotopic (exact) mass is 332 g/mol. The van der Waals surface area contributed by atoms with Crippen LogP contribution in [0.5, 0.6) is 11.5 Å². The minimum atomic E-state index is -0.424. The average Bonchev–Trinajstić information content (AvgIpc) is 2.69. The minimum absolute atomic E-state index is 0.0436. The number of hydrogen-bond acceptors (Lipinski definition) is 3. The summed E-state index contributed by atoms with van der Waals surface area (Å²) in [6.07, 6.45) is 0. The first-order valence-corrected chi connectivity index (χ1v) is 8.10. The van der Waals surface area contributed by atoms with Gasteiger partial charge in [-0.1, -0.05) is 60.7 Å². The predicted octanol–water partition coefficient (Wildman–Crippen LogP) is 4.72. The van der Waals surface area contributed by atoms with E-state index in [9.17, 15) is 4.79 Å². The van der Waals surface area contributed by atoms with Gasteiger partial charge in [0.1, 0.15) is 11.5 Å². The summed E-state index contributed by atoms with van der Waals surface area (Å²) in [6, 6.07) is 24.7. The van der Waals surface area contributed by atoms with Crippen LogP contribution in [-0.4, -0.2) is 20.0 Å². The fraction of sp³-hybridized carbons (Fsp3) is 0.136. The van der Waals surface area contributed by atoms with Crippen molar-refractivity contribution in [1.29, 1.82) is 0 Å². The van der Waals surface area contributed by atoms with Gasteiger partial charge in [0, 0.05) is 11.6 Å². The lowest BCUT2D eigenvalue weighted by atomic mass is 9.84. The molecule has 3 nitrogen and oxygen atoms in total. The number of ketones is 1. The molecule has 0 bridgehead atoms. The lowest BCUT2D eigenvalue weighted by Gasteiger charge is -2.19. The molecule has 3 heteroatoms. The second-order valence-corrected chi connectivity index (χ2v) is 5.72. The molecule has 0 fully saturated rings. The van der Waals surface area contributed by atoms with Crippen LogP contribution in [0, 0.1) is 0 Å². The van der Waals surface area contributed by atoms with E-state index in [1.807, 2.05) is 72.8 Å². The summed E-state index contributed by atoms with van der Waals surface area (Å²) in [6.45, 7) is 0. The zero-order valence-electron chi connectivity index (χ0n) is 14.3. The van der Waals surface area contributed by atoms with Crippen molar-refractivity contribution in [1.82, 2.24) is 0 Å². The van der Waals surface area contributed by atoms with Gasteiger partial charge in [0.15, 0.2) is 5.78 Å². The summed E-state index contributed by atoms with van der Waals surface area (Å²) in [5.74, 6) is 0.946. The molecule has 126 valence electrons. The minimum Gasteiger partial charge on any atom is -0.497 e. The maximum absolute atomic E-state index is 13.3. The third kappa shape index (κ3) is 3.72. The Balaban J connectivity index is 2.14. The van der Waals surface area contributed by atoms with Crippen molar-refractivity contribution in [3.63, 3.8) is 0 Å². The Morgan fingerprint density at radius 2 is 1.24 bits per heavy atom. The van der Waals surface area contributed by atoms with E-state index in [-0.39, 0.29) is 5.78 Å². The van der Waals surface area contributed by atoms with Crippen molar-refractivity contribution < 1.29 is 14.3 Å². The largest absolute Gasteiger partial charge is 0.497 e. The van der Waals surface area contributed by atoms with Crippen molar-refractivity contribution in [2.75, 3.05) is 14.2 Å². The Morgan fingerprint density at radius 3 is 1.76 bits per heavy atom. The number of benzene rings is 3. The number of ether oxygens (including phenoxy) is 2. The van der Waals surface area contributed by atoms with E-state index >= 15 is 0 Å². The first kappa shape index (κ1) is 16.8. The van der Waals surface area contributed by atoms with Gasteiger partial charge in [-0.25, -0.2) is 0 Å². The quantitative estimate of drug-likeness (QED) is 0.613. The molecule has 0 spiro atoms. The molecule has 0 heterocycles. The second-order valence-electron chi connectivity index (χ2n) is 5.72. The van der Waals surface area contributed by atoms with Crippen molar-refractivity contribution >= 4 is 5.78 Å². The molecular formula is C22H20O3. The molecular weight excluding hydrogens is 312 g/mol. The smallest absolute Gasteiger partial charge is 0.174 e. The zero-order valence-corrected chi connectivity index (χ0v) is 14.3. The molecule has 3 aromatic rings. The number of hydrogen-bond donors (Lipinski definition) is 0. The predicted molar refractivity (Wildman–Crippen MR) is 98.6 cm³/mol. The number of carbonyl (C=O) groups excluding carboxylic acids is 1. The molecule has 3 rings (SSSR count). The van der Waals surface area contributed by atoms with Gasteiger partial charge in [-0.15, -0.1) is 0 Å². The number of rotatable bonds is 6. The van der Waals surface area contributed by atoms with Gasteiger partial charge >= 0.3 is 0 Å². The van der Waals surface area contributed by atoms with Gasteiger partial charge in [-0.2, -0.15) is 0 Å². The Kier molecular flexibility index (Phi) is 5.14. The summed E-state index contributed by atoms with van der Waals surface area (Å²) in [7, 11) is 3.21. The van der Waals surface area contributed by atoms with Crippen LogP contribution in [0.4, 0.5) is 0 Å². The normalized spacial score (nSPS) is 11.6. The molecule has 0 aliphatic rings. The van der Waals surface area contributed by atoms with E-state index in [0.29, 0.717) is 17.1 Å². The summed E-state index contributed by atoms with van der Waals surface area (Å²) < 4.78 is 10.8. The Hall–Kier alpha value is -3.07. The number of carbonyl (C=O) groups is 1. The summed E-state index contributed by atoms with van der Waals surface area (Å²) in [4.78, 5) is 13.3. The summed E-state index contributed by atoms with van der Waals surface area (Å²) >= 11 is 0. The molecule has 1 unspecified atom stereocenters. The molecule has 25 heavy (non-hydrogen) atoms. The van der Waals surface area contributed by atoms with E-state index in [1.54, 1.807) is 20.3 Å². The van der Waals surface area contributed by atoms with E-state index in [0.717, 1.165) is 11.1 Å². The highest BCUT2D eigenvalue weighted by atomic mass is 16.5. The maximum Gasteiger partial charge on any atom is 0.174 e. The highest BCUT2D eigenvalue weighted by Crippen LogP contribution is 2.33. The molecule has 0 aliphatic heterocycles. The van der Waals surface area contributed by atoms with Crippen LogP contribution in [0.1, 0.15) is 27.4 Å². The van der Waals surface area contributed by atoms with E-state index in [4.69, 9.17) is 9.47 Å². The van der Waals surface area contributed by atoms with Crippen molar-refractivity contribution in [3.05, 3.63) is 95.6 Å². The van der Waals surface area contributed by atoms with E-state index in [1.165, 1.54) is 0 Å². The van der Waals surface area contributed by atoms with Crippen LogP contribution in [0.15, 0.2) is 78.9 Å². The average molecular weight is 332 g/mol. The van der Waals surface area contributed by atoms with Crippen LogP contribution < -0.4 is 9.47 Å². The van der Waals surface area contributed by atoms with Crippen LogP contribution in [0.3, 0.4) is 0 Å². The van der Waals surface area contributed by atoms with Crippen LogP contribution >= 0.6 is 0 Å². The SMILES string of the molecule is COc1cc(OC)cc(C(C(=O)c2ccccc2)c2ccccc2)c1. The molecule has 0 aromatic heterocycles. The number of Topliss-reactive ketones (excluding diaryl/α,β-unsaturated/α-hetero) is 1. The third-order valence-corrected chi connectivity index (χ3v) is 4.16. The summed E-state index contributed by atoms with van der Waals surface area (Å²) in [5.41, 5.74) is 2.46. The van der Waals surface area contributed by atoms with E-state index in [2.05, 4.69) is 0 Å². The molecule has 1 atom stereocenters. The molecule has 3 aromatic carbocycles. The standard InChI is InChI=1S/C22H20O3/c1-24-19-13-18(14-20(15-19)25-2)21(16-9-5-3-6-10-16)22(23)17-11-7-4-8-12-17/h3-15,21H,1-2H3. The van der Waals surface area contributed by atoms with Gasteiger partial charge in [0.2, 0.25) is 0 Å². The Labute approximate surface area is 147 Å². The second kappa shape index (κ2) is 7.67. The van der Waals surface area contributed by atoms with Crippen molar-refractivity contribution in [2.45, 2.75) is 5.92 Å². The highest BCUT2D eigenvalue weighted by molar-refractivity contribution is 6.03. The first-order valence-electron chi connectivity index (χ1n) is 8.10. The van der Waals surface area contributed by atoms with Gasteiger partial charge in [0.05, 0.1) is 20.1 Å². The Bertz CT molecular complexity index is 819.